The molecule has 0 saturated heterocycles. The van der Waals surface area contributed by atoms with Gasteiger partial charge in [-0.1, -0.05) is 31.0 Å². The molecule has 0 unspecified atom stereocenters. The van der Waals surface area contributed by atoms with E-state index in [4.69, 9.17) is 0 Å². The second-order valence-corrected chi connectivity index (χ2v) is 7.06. The van der Waals surface area contributed by atoms with Gasteiger partial charge in [0.1, 0.15) is 0 Å². The van der Waals surface area contributed by atoms with Crippen LogP contribution in [0.25, 0.3) is 11.4 Å². The normalized spacial score (nSPS) is 14.8. The molecule has 0 aromatic carbocycles. The number of hydrogen-bond acceptors (Lipinski definition) is 6. The third-order valence-electron chi connectivity index (χ3n) is 4.36. The molecule has 0 radical (unpaired) electrons. The van der Waals surface area contributed by atoms with E-state index in [9.17, 15) is 9.59 Å². The summed E-state index contributed by atoms with van der Waals surface area (Å²) in [5.41, 5.74) is 0.958. The zero-order valence-electron chi connectivity index (χ0n) is 14.6. The molecule has 1 aliphatic carbocycles. The van der Waals surface area contributed by atoms with Gasteiger partial charge in [0.05, 0.1) is 5.75 Å². The fourth-order valence-electron chi connectivity index (χ4n) is 3.10. The molecule has 2 aromatic rings. The van der Waals surface area contributed by atoms with E-state index in [0.717, 1.165) is 24.2 Å². The maximum absolute atomic E-state index is 11.9. The van der Waals surface area contributed by atoms with Gasteiger partial charge in [-0.3, -0.25) is 19.7 Å². The predicted octanol–water partition coefficient (Wildman–Crippen LogP) is 2.39. The molecule has 3 rings (SSSR count). The smallest absolute Gasteiger partial charge is 0.321 e. The van der Waals surface area contributed by atoms with Crippen LogP contribution in [-0.4, -0.2) is 44.5 Å². The van der Waals surface area contributed by atoms with Gasteiger partial charge in [-0.05, 0) is 25.0 Å². The maximum Gasteiger partial charge on any atom is 0.321 e. The van der Waals surface area contributed by atoms with Gasteiger partial charge in [-0.2, -0.15) is 0 Å². The Labute approximate surface area is 156 Å². The fraction of sp³-hybridized carbons (Fsp3) is 0.471. The Balaban J connectivity index is 1.81. The lowest BCUT2D eigenvalue weighted by Crippen LogP contribution is -2.38. The summed E-state index contributed by atoms with van der Waals surface area (Å²) in [7, 11) is 1.47. The summed E-state index contributed by atoms with van der Waals surface area (Å²) in [5.74, 6) is 0.542. The van der Waals surface area contributed by atoms with E-state index >= 15 is 0 Å². The molecule has 9 heteroatoms. The molecular formula is C17H22N6O2S. The van der Waals surface area contributed by atoms with Crippen LogP contribution < -0.4 is 10.6 Å². The molecule has 1 aliphatic rings. The molecule has 2 aromatic heterocycles. The van der Waals surface area contributed by atoms with Crippen LogP contribution in [0.15, 0.2) is 29.7 Å². The summed E-state index contributed by atoms with van der Waals surface area (Å²) >= 11 is 1.30. The number of pyridine rings is 1. The molecule has 1 saturated carbocycles. The topological polar surface area (TPSA) is 102 Å². The van der Waals surface area contributed by atoms with Crippen LogP contribution in [0.4, 0.5) is 4.79 Å². The fourth-order valence-corrected chi connectivity index (χ4v) is 3.90. The van der Waals surface area contributed by atoms with Gasteiger partial charge in [0.2, 0.25) is 5.91 Å². The number of nitrogens with zero attached hydrogens (tertiary/aromatic N) is 4. The van der Waals surface area contributed by atoms with E-state index in [1.54, 1.807) is 12.4 Å². The predicted molar refractivity (Wildman–Crippen MR) is 98.7 cm³/mol. The van der Waals surface area contributed by atoms with Crippen molar-refractivity contribution in [2.45, 2.75) is 43.3 Å². The van der Waals surface area contributed by atoms with Crippen molar-refractivity contribution in [3.05, 3.63) is 24.5 Å². The lowest BCUT2D eigenvalue weighted by atomic mass is 9.95. The van der Waals surface area contributed by atoms with Crippen LogP contribution in [0, 0.1) is 0 Å². The zero-order valence-corrected chi connectivity index (χ0v) is 15.5. The standard InChI is InChI=1S/C17H22N6O2S/c1-18-16(25)20-14(24)11-26-17-22-21-15(12-7-9-19-10-8-12)23(17)13-5-3-2-4-6-13/h7-10,13H,2-6,11H2,1H3,(H2,18,20,24,25). The van der Waals surface area contributed by atoms with Crippen molar-refractivity contribution in [1.82, 2.24) is 30.4 Å². The van der Waals surface area contributed by atoms with E-state index < -0.39 is 6.03 Å². The number of aromatic nitrogens is 4. The van der Waals surface area contributed by atoms with Crippen LogP contribution in [0.1, 0.15) is 38.1 Å². The molecule has 2 heterocycles. The highest BCUT2D eigenvalue weighted by molar-refractivity contribution is 7.99. The number of amides is 3. The van der Waals surface area contributed by atoms with Gasteiger partial charge in [0, 0.05) is 31.0 Å². The van der Waals surface area contributed by atoms with Crippen molar-refractivity contribution >= 4 is 23.7 Å². The SMILES string of the molecule is CNC(=O)NC(=O)CSc1nnc(-c2ccncc2)n1C1CCCCC1. The summed E-state index contributed by atoms with van der Waals surface area (Å²) in [6, 6.07) is 3.64. The van der Waals surface area contributed by atoms with Crippen molar-refractivity contribution < 1.29 is 9.59 Å². The first-order valence-electron chi connectivity index (χ1n) is 8.68. The first-order valence-corrected chi connectivity index (χ1v) is 9.67. The van der Waals surface area contributed by atoms with E-state index in [-0.39, 0.29) is 11.7 Å². The average molecular weight is 374 g/mol. The van der Waals surface area contributed by atoms with Crippen LogP contribution in [-0.2, 0) is 4.79 Å². The molecule has 8 nitrogen and oxygen atoms in total. The molecule has 0 atom stereocenters. The number of imide groups is 1. The molecule has 26 heavy (non-hydrogen) atoms. The van der Waals surface area contributed by atoms with Gasteiger partial charge in [0.15, 0.2) is 11.0 Å². The first kappa shape index (κ1) is 18.4. The van der Waals surface area contributed by atoms with Gasteiger partial charge < -0.3 is 5.32 Å². The summed E-state index contributed by atoms with van der Waals surface area (Å²) in [6.45, 7) is 0. The van der Waals surface area contributed by atoms with Crippen LogP contribution in [0.2, 0.25) is 0 Å². The largest absolute Gasteiger partial charge is 0.341 e. The second-order valence-electron chi connectivity index (χ2n) is 6.12. The first-order chi connectivity index (χ1) is 12.7. The molecule has 138 valence electrons. The monoisotopic (exact) mass is 374 g/mol. The van der Waals surface area contributed by atoms with E-state index in [1.807, 2.05) is 12.1 Å². The summed E-state index contributed by atoms with van der Waals surface area (Å²) in [5, 5.41) is 14.0. The van der Waals surface area contributed by atoms with E-state index in [1.165, 1.54) is 38.1 Å². The number of thioether (sulfide) groups is 1. The highest BCUT2D eigenvalue weighted by Gasteiger charge is 2.24. The zero-order chi connectivity index (χ0) is 18.4. The summed E-state index contributed by atoms with van der Waals surface area (Å²) in [6.07, 6.45) is 9.24. The molecule has 0 bridgehead atoms. The van der Waals surface area contributed by atoms with Crippen LogP contribution in [0.5, 0.6) is 0 Å². The highest BCUT2D eigenvalue weighted by atomic mass is 32.2. The number of carbonyl (C=O) groups excluding carboxylic acids is 2. The van der Waals surface area contributed by atoms with Crippen molar-refractivity contribution in [3.63, 3.8) is 0 Å². The van der Waals surface area contributed by atoms with E-state index in [2.05, 4.69) is 30.4 Å². The van der Waals surface area contributed by atoms with Gasteiger partial charge in [-0.25, -0.2) is 4.79 Å². The van der Waals surface area contributed by atoms with Crippen LogP contribution in [0.3, 0.4) is 0 Å². The van der Waals surface area contributed by atoms with Crippen molar-refractivity contribution in [2.75, 3.05) is 12.8 Å². The minimum atomic E-state index is -0.512. The van der Waals surface area contributed by atoms with Crippen molar-refractivity contribution in [3.8, 4) is 11.4 Å². The Hall–Kier alpha value is -2.42. The Morgan fingerprint density at radius 1 is 1.19 bits per heavy atom. The lowest BCUT2D eigenvalue weighted by molar-refractivity contribution is -0.117. The minimum Gasteiger partial charge on any atom is -0.341 e. The Kier molecular flexibility index (Phi) is 6.21. The van der Waals surface area contributed by atoms with E-state index in [0.29, 0.717) is 11.2 Å². The third-order valence-corrected chi connectivity index (χ3v) is 5.30. The number of urea groups is 1. The average Bonchev–Trinajstić information content (AvgIpc) is 3.11. The number of hydrogen-bond donors (Lipinski definition) is 2. The molecule has 2 N–H and O–H groups in total. The second kappa shape index (κ2) is 8.79. The maximum atomic E-state index is 11.9. The highest BCUT2D eigenvalue weighted by Crippen LogP contribution is 2.35. The molecule has 1 fully saturated rings. The van der Waals surface area contributed by atoms with Gasteiger partial charge in [0.25, 0.3) is 0 Å². The molecule has 0 spiro atoms. The third kappa shape index (κ3) is 4.40. The number of nitrogens with one attached hydrogen (secondary N) is 2. The van der Waals surface area contributed by atoms with Gasteiger partial charge in [-0.15, -0.1) is 10.2 Å². The Bertz CT molecular complexity index is 758. The van der Waals surface area contributed by atoms with Gasteiger partial charge >= 0.3 is 6.03 Å². The molecular weight excluding hydrogens is 352 g/mol. The number of rotatable bonds is 5. The minimum absolute atomic E-state index is 0.106. The summed E-state index contributed by atoms with van der Waals surface area (Å²) < 4.78 is 2.15. The van der Waals surface area contributed by atoms with Crippen molar-refractivity contribution in [1.29, 1.82) is 0 Å². The van der Waals surface area contributed by atoms with Crippen molar-refractivity contribution in [2.24, 2.45) is 0 Å². The summed E-state index contributed by atoms with van der Waals surface area (Å²) in [4.78, 5) is 27.2. The lowest BCUT2D eigenvalue weighted by Gasteiger charge is -2.25. The Morgan fingerprint density at radius 3 is 2.62 bits per heavy atom. The molecule has 0 aliphatic heterocycles. The molecule has 3 amide bonds. The van der Waals surface area contributed by atoms with Crippen LogP contribution >= 0.6 is 11.8 Å². The number of carbonyl (C=O) groups is 2. The quantitative estimate of drug-likeness (QED) is 0.779. The Morgan fingerprint density at radius 2 is 1.92 bits per heavy atom.